The lowest BCUT2D eigenvalue weighted by atomic mass is 9.93. The highest BCUT2D eigenvalue weighted by atomic mass is 79.9. The minimum atomic E-state index is -1.59. The maximum absolute atomic E-state index is 10.8. The van der Waals surface area contributed by atoms with Gasteiger partial charge in [0, 0.05) is 10.0 Å². The third kappa shape index (κ3) is 1.88. The van der Waals surface area contributed by atoms with Crippen LogP contribution in [0, 0.1) is 0 Å². The zero-order valence-corrected chi connectivity index (χ0v) is 9.08. The van der Waals surface area contributed by atoms with Crippen LogP contribution in [0.4, 0.5) is 0 Å². The van der Waals surface area contributed by atoms with Gasteiger partial charge in [0.05, 0.1) is 0 Å². The molecule has 0 aliphatic heterocycles. The van der Waals surface area contributed by atoms with Gasteiger partial charge in [-0.2, -0.15) is 0 Å². The molecule has 0 heterocycles. The third-order valence-electron chi connectivity index (χ3n) is 1.96. The first kappa shape index (κ1) is 11.0. The van der Waals surface area contributed by atoms with E-state index in [1.165, 1.54) is 19.1 Å². The number of benzene rings is 1. The van der Waals surface area contributed by atoms with Crippen molar-refractivity contribution in [3.8, 4) is 5.75 Å². The van der Waals surface area contributed by atoms with Crippen molar-refractivity contribution >= 4 is 21.9 Å². The Morgan fingerprint density at radius 2 is 2.14 bits per heavy atom. The van der Waals surface area contributed by atoms with Gasteiger partial charge < -0.3 is 15.9 Å². The number of halogens is 1. The second-order valence-corrected chi connectivity index (χ2v) is 4.08. The van der Waals surface area contributed by atoms with E-state index in [9.17, 15) is 9.90 Å². The summed E-state index contributed by atoms with van der Waals surface area (Å²) in [6, 6.07) is 4.49. The number of carboxylic acids is 1. The van der Waals surface area contributed by atoms with E-state index in [0.29, 0.717) is 4.47 Å². The maximum Gasteiger partial charge on any atom is 0.328 e. The minimum Gasteiger partial charge on any atom is -0.508 e. The molecule has 0 radical (unpaired) electrons. The van der Waals surface area contributed by atoms with Gasteiger partial charge in [0.2, 0.25) is 0 Å². The normalized spacial score (nSPS) is 14.8. The average molecular weight is 260 g/mol. The molecule has 1 aromatic rings. The summed E-state index contributed by atoms with van der Waals surface area (Å²) in [4.78, 5) is 10.8. The molecule has 1 atom stereocenters. The standard InChI is InChI=1S/C9H10BrNO3/c1-9(11,8(13)14)6-4-5(10)2-3-7(6)12/h2-4,12H,11H2,1H3,(H,13,14)/t9-/m0/s1. The summed E-state index contributed by atoms with van der Waals surface area (Å²) in [5.74, 6) is -1.31. The largest absolute Gasteiger partial charge is 0.508 e. The molecular weight excluding hydrogens is 250 g/mol. The molecule has 5 heteroatoms. The van der Waals surface area contributed by atoms with Crippen molar-refractivity contribution in [2.45, 2.75) is 12.5 Å². The van der Waals surface area contributed by atoms with Crippen LogP contribution >= 0.6 is 15.9 Å². The molecule has 0 amide bonds. The number of phenols is 1. The molecule has 1 rings (SSSR count). The van der Waals surface area contributed by atoms with Crippen molar-refractivity contribution in [2.24, 2.45) is 5.73 Å². The summed E-state index contributed by atoms with van der Waals surface area (Å²) in [6.45, 7) is 1.33. The number of carboxylic acid groups (broad SMARTS) is 1. The van der Waals surface area contributed by atoms with Crippen molar-refractivity contribution in [2.75, 3.05) is 0 Å². The SMILES string of the molecule is C[C@@](N)(C(=O)O)c1cc(Br)ccc1O. The Morgan fingerprint density at radius 3 is 2.64 bits per heavy atom. The molecule has 0 unspecified atom stereocenters. The van der Waals surface area contributed by atoms with E-state index < -0.39 is 11.5 Å². The molecule has 76 valence electrons. The molecule has 1 aromatic carbocycles. The maximum atomic E-state index is 10.8. The number of rotatable bonds is 2. The van der Waals surface area contributed by atoms with Crippen molar-refractivity contribution in [3.63, 3.8) is 0 Å². The molecule has 0 saturated heterocycles. The van der Waals surface area contributed by atoms with Gasteiger partial charge in [-0.3, -0.25) is 0 Å². The lowest BCUT2D eigenvalue weighted by molar-refractivity contribution is -0.143. The first-order valence-corrected chi connectivity index (χ1v) is 4.66. The van der Waals surface area contributed by atoms with Gasteiger partial charge in [-0.15, -0.1) is 0 Å². The predicted molar refractivity (Wildman–Crippen MR) is 55.0 cm³/mol. The Balaban J connectivity index is 3.31. The van der Waals surface area contributed by atoms with Gasteiger partial charge >= 0.3 is 5.97 Å². The molecule has 0 spiro atoms. The van der Waals surface area contributed by atoms with Crippen molar-refractivity contribution in [1.82, 2.24) is 0 Å². The van der Waals surface area contributed by atoms with Gasteiger partial charge in [-0.05, 0) is 25.1 Å². The summed E-state index contributed by atoms with van der Waals surface area (Å²) < 4.78 is 0.670. The number of hydrogen-bond acceptors (Lipinski definition) is 3. The third-order valence-corrected chi connectivity index (χ3v) is 2.46. The van der Waals surface area contributed by atoms with Crippen LogP contribution in [-0.4, -0.2) is 16.2 Å². The Hall–Kier alpha value is -1.07. The fourth-order valence-corrected chi connectivity index (χ4v) is 1.40. The molecule has 14 heavy (non-hydrogen) atoms. The number of aromatic hydroxyl groups is 1. The lowest BCUT2D eigenvalue weighted by Crippen LogP contribution is -2.41. The van der Waals surface area contributed by atoms with Gasteiger partial charge in [0.25, 0.3) is 0 Å². The zero-order valence-electron chi connectivity index (χ0n) is 7.49. The predicted octanol–water partition coefficient (Wildman–Crippen LogP) is 1.41. The van der Waals surface area contributed by atoms with Gasteiger partial charge in [-0.25, -0.2) is 4.79 Å². The first-order chi connectivity index (χ1) is 6.35. The number of hydrogen-bond donors (Lipinski definition) is 3. The molecule has 4 N–H and O–H groups in total. The molecule has 0 aromatic heterocycles. The first-order valence-electron chi connectivity index (χ1n) is 3.87. The summed E-state index contributed by atoms with van der Waals surface area (Å²) in [5, 5.41) is 18.3. The quantitative estimate of drug-likeness (QED) is 0.750. The summed E-state index contributed by atoms with van der Waals surface area (Å²) in [6.07, 6.45) is 0. The van der Waals surface area contributed by atoms with Crippen molar-refractivity contribution in [1.29, 1.82) is 0 Å². The zero-order chi connectivity index (χ0) is 10.9. The molecule has 0 aliphatic carbocycles. The van der Waals surface area contributed by atoms with E-state index in [-0.39, 0.29) is 11.3 Å². The van der Waals surface area contributed by atoms with E-state index in [2.05, 4.69) is 15.9 Å². The van der Waals surface area contributed by atoms with E-state index in [0.717, 1.165) is 0 Å². The van der Waals surface area contributed by atoms with Gasteiger partial charge in [-0.1, -0.05) is 15.9 Å². The Labute approximate surface area is 89.5 Å². The average Bonchev–Trinajstić information content (AvgIpc) is 2.08. The number of aliphatic carboxylic acids is 1. The van der Waals surface area contributed by atoms with Crippen LogP contribution in [0.2, 0.25) is 0 Å². The highest BCUT2D eigenvalue weighted by Gasteiger charge is 2.32. The van der Waals surface area contributed by atoms with Crippen molar-refractivity contribution in [3.05, 3.63) is 28.2 Å². The topological polar surface area (TPSA) is 83.6 Å². The van der Waals surface area contributed by atoms with Crippen LogP contribution in [0.1, 0.15) is 12.5 Å². The molecule has 0 bridgehead atoms. The van der Waals surface area contributed by atoms with Gasteiger partial charge in [0.1, 0.15) is 11.3 Å². The van der Waals surface area contributed by atoms with Crippen LogP contribution < -0.4 is 5.73 Å². The Bertz CT molecular complexity index is 376. The van der Waals surface area contributed by atoms with E-state index in [1.807, 2.05) is 0 Å². The van der Waals surface area contributed by atoms with E-state index >= 15 is 0 Å². The molecule has 0 aliphatic rings. The molecule has 0 saturated carbocycles. The Morgan fingerprint density at radius 1 is 1.57 bits per heavy atom. The Kier molecular flexibility index (Phi) is 2.82. The molecule has 0 fully saturated rings. The van der Waals surface area contributed by atoms with Crippen LogP contribution in [0.15, 0.2) is 22.7 Å². The monoisotopic (exact) mass is 259 g/mol. The number of carbonyl (C=O) groups is 1. The summed E-state index contributed by atoms with van der Waals surface area (Å²) in [7, 11) is 0. The number of nitrogens with two attached hydrogens (primary N) is 1. The highest BCUT2D eigenvalue weighted by Crippen LogP contribution is 2.30. The fraction of sp³-hybridized carbons (Fsp3) is 0.222. The molecule has 4 nitrogen and oxygen atoms in total. The minimum absolute atomic E-state index is 0.124. The van der Waals surface area contributed by atoms with Crippen LogP contribution in [0.3, 0.4) is 0 Å². The summed E-state index contributed by atoms with van der Waals surface area (Å²) >= 11 is 3.18. The van der Waals surface area contributed by atoms with E-state index in [4.69, 9.17) is 10.8 Å². The molecular formula is C9H10BrNO3. The smallest absolute Gasteiger partial charge is 0.328 e. The van der Waals surface area contributed by atoms with Gasteiger partial charge in [0.15, 0.2) is 0 Å². The summed E-state index contributed by atoms with van der Waals surface area (Å²) in [5.41, 5.74) is 4.16. The second kappa shape index (κ2) is 3.59. The fourth-order valence-electron chi connectivity index (χ4n) is 1.04. The number of phenolic OH excluding ortho intramolecular Hbond substituents is 1. The lowest BCUT2D eigenvalue weighted by Gasteiger charge is -2.20. The van der Waals surface area contributed by atoms with E-state index in [1.54, 1.807) is 6.07 Å². The van der Waals surface area contributed by atoms with Crippen LogP contribution in [-0.2, 0) is 10.3 Å². The van der Waals surface area contributed by atoms with Crippen molar-refractivity contribution < 1.29 is 15.0 Å². The van der Waals surface area contributed by atoms with Crippen LogP contribution in [0.5, 0.6) is 5.75 Å². The highest BCUT2D eigenvalue weighted by molar-refractivity contribution is 9.10. The second-order valence-electron chi connectivity index (χ2n) is 3.17. The van der Waals surface area contributed by atoms with Crippen LogP contribution in [0.25, 0.3) is 0 Å².